The minimum atomic E-state index is -6.45. The molecule has 7 heteroatoms. The molecule has 0 aliphatic carbocycles. The van der Waals surface area contributed by atoms with Crippen molar-refractivity contribution in [2.75, 3.05) is 19.6 Å². The number of rotatable bonds is 1. The lowest BCUT2D eigenvalue weighted by molar-refractivity contribution is -0.145. The Bertz CT molecular complexity index is 522. The lowest BCUT2D eigenvalue weighted by Crippen LogP contribution is -2.55. The summed E-state index contributed by atoms with van der Waals surface area (Å²) in [6, 6.07) is 0. The molecule has 1 saturated heterocycles. The largest absolute Gasteiger partial charge is 0.508 e. The first-order valence-corrected chi connectivity index (χ1v) is 4.48. The third-order valence-corrected chi connectivity index (χ3v) is 1.68. The van der Waals surface area contributed by atoms with Gasteiger partial charge in [-0.25, -0.2) is 0 Å². The first-order chi connectivity index (χ1) is 9.73. The van der Waals surface area contributed by atoms with Gasteiger partial charge in [-0.3, -0.25) is 4.79 Å². The highest BCUT2D eigenvalue weighted by Gasteiger charge is 2.41. The van der Waals surface area contributed by atoms with Crippen LogP contribution in [0.1, 0.15) is 30.4 Å². The fourth-order valence-electron chi connectivity index (χ4n) is 0.861. The number of ether oxygens (including phenoxy) is 1. The Morgan fingerprint density at radius 3 is 2.56 bits per heavy atom. The van der Waals surface area contributed by atoms with E-state index in [1.807, 2.05) is 0 Å². The zero-order valence-corrected chi connectivity index (χ0v) is 8.97. The Morgan fingerprint density at radius 2 is 2.12 bits per heavy atom. The van der Waals surface area contributed by atoms with Gasteiger partial charge < -0.3 is 22.6 Å². The monoisotopic (exact) mass is 245 g/mol. The molecule has 0 aromatic carbocycles. The highest BCUT2D eigenvalue weighted by Crippen LogP contribution is 2.24. The van der Waals surface area contributed by atoms with E-state index in [4.69, 9.17) is 9.60 Å². The molecule has 1 unspecified atom stereocenters. The van der Waals surface area contributed by atoms with Crippen LogP contribution in [-0.4, -0.2) is 43.3 Å². The number of morpholine rings is 1. The molecular formula is C9H16BF3NO2-. The van der Waals surface area contributed by atoms with Crippen molar-refractivity contribution in [2.45, 2.75) is 26.8 Å². The van der Waals surface area contributed by atoms with Gasteiger partial charge in [-0.15, -0.1) is 0 Å². The third kappa shape index (κ3) is 3.14. The van der Waals surface area contributed by atoms with E-state index in [2.05, 4.69) is 4.74 Å². The van der Waals surface area contributed by atoms with Crippen molar-refractivity contribution in [2.24, 2.45) is 5.41 Å². The maximum Gasteiger partial charge on any atom is 0.508 e. The van der Waals surface area contributed by atoms with Gasteiger partial charge in [0.15, 0.2) is 0 Å². The quantitative estimate of drug-likeness (QED) is 0.657. The van der Waals surface area contributed by atoms with Crippen LogP contribution >= 0.6 is 0 Å². The summed E-state index contributed by atoms with van der Waals surface area (Å²) in [5, 5.41) is 0. The van der Waals surface area contributed by atoms with Crippen molar-refractivity contribution >= 4 is 12.9 Å². The summed E-state index contributed by atoms with van der Waals surface area (Å²) in [4.78, 5) is 11.8. The number of halogens is 3. The van der Waals surface area contributed by atoms with Crippen LogP contribution < -0.4 is 0 Å². The fraction of sp³-hybridized carbons (Fsp3) is 0.889. The van der Waals surface area contributed by atoms with Gasteiger partial charge in [-0.2, -0.15) is 0 Å². The number of hydrogen-bond acceptors (Lipinski definition) is 2. The van der Waals surface area contributed by atoms with Gasteiger partial charge in [0.05, 0.1) is 12.0 Å². The van der Waals surface area contributed by atoms with Crippen LogP contribution in [0.15, 0.2) is 0 Å². The average molecular weight is 245 g/mol. The molecule has 0 bridgehead atoms. The second kappa shape index (κ2) is 4.27. The molecule has 1 aliphatic rings. The molecule has 0 saturated carbocycles. The molecule has 0 aromatic heterocycles. The topological polar surface area (TPSA) is 29.5 Å². The van der Waals surface area contributed by atoms with Crippen LogP contribution in [0, 0.1) is 5.41 Å². The van der Waals surface area contributed by atoms with E-state index in [9.17, 15) is 17.7 Å². The molecule has 0 spiro atoms. The van der Waals surface area contributed by atoms with E-state index in [-0.39, 0.29) is 0 Å². The predicted molar refractivity (Wildman–Crippen MR) is 54.9 cm³/mol. The minimum absolute atomic E-state index is 0.494. The van der Waals surface area contributed by atoms with Gasteiger partial charge >= 0.3 is 6.98 Å². The summed E-state index contributed by atoms with van der Waals surface area (Å²) in [5.74, 6) is -5.86. The number of carbonyl (C=O) groups excluding carboxylic acids is 1. The molecule has 0 radical (unpaired) electrons. The molecule has 94 valence electrons. The molecule has 1 heterocycles. The summed E-state index contributed by atoms with van der Waals surface area (Å²) in [5.41, 5.74) is -1.52. The molecule has 16 heavy (non-hydrogen) atoms. The standard InChI is InChI=1S/C9H16BF3NO2/c1-9(2,3)8(15)14-4-5-16-7(6-14)10(11,12)13/h7H,4-6H2,1-3H3/q-1/i4D2,5D2,6D2,7D. The molecule has 1 atom stereocenters. The number of carbonyl (C=O) groups is 1. The van der Waals surface area contributed by atoms with Crippen LogP contribution in [0.4, 0.5) is 12.9 Å². The van der Waals surface area contributed by atoms with Crippen molar-refractivity contribution in [1.82, 2.24) is 4.90 Å². The number of amides is 1. The van der Waals surface area contributed by atoms with Crippen LogP contribution in [0.2, 0.25) is 0 Å². The summed E-state index contributed by atoms with van der Waals surface area (Å²) in [6.45, 7) is -14.1. The number of hydrogen-bond donors (Lipinski definition) is 0. The fourth-order valence-corrected chi connectivity index (χ4v) is 0.861. The van der Waals surface area contributed by atoms with Crippen LogP contribution in [0.3, 0.4) is 0 Å². The van der Waals surface area contributed by atoms with Gasteiger partial charge in [0.2, 0.25) is 5.91 Å². The Hall–Kier alpha value is -0.715. The molecule has 0 N–H and O–H groups in total. The number of nitrogens with zero attached hydrogens (tertiary/aromatic N) is 1. The second-order valence-corrected chi connectivity index (χ2v) is 4.26. The average Bonchev–Trinajstić information content (AvgIpc) is 2.22. The van der Waals surface area contributed by atoms with Crippen LogP contribution in [0.5, 0.6) is 0 Å². The molecular weight excluding hydrogens is 222 g/mol. The Kier molecular flexibility index (Phi) is 1.68. The van der Waals surface area contributed by atoms with E-state index in [0.717, 1.165) is 0 Å². The van der Waals surface area contributed by atoms with Gasteiger partial charge in [-0.1, -0.05) is 20.8 Å². The maximum absolute atomic E-state index is 13.2. The smallest absolute Gasteiger partial charge is 0.447 e. The zero-order chi connectivity index (χ0) is 18.9. The molecule has 1 amide bonds. The first-order valence-electron chi connectivity index (χ1n) is 7.98. The summed E-state index contributed by atoms with van der Waals surface area (Å²) in [7, 11) is 0. The molecule has 0 aromatic rings. The Labute approximate surface area is 103 Å². The lowest BCUT2D eigenvalue weighted by Gasteiger charge is -2.40. The minimum Gasteiger partial charge on any atom is -0.447 e. The van der Waals surface area contributed by atoms with E-state index < -0.39 is 48.7 Å². The molecule has 1 fully saturated rings. The van der Waals surface area contributed by atoms with Gasteiger partial charge in [-0.05, 0) is 0 Å². The van der Waals surface area contributed by atoms with Crippen molar-refractivity contribution in [3.8, 4) is 0 Å². The highest BCUT2D eigenvalue weighted by atomic mass is 19.4. The van der Waals surface area contributed by atoms with Gasteiger partial charge in [0.25, 0.3) is 0 Å². The van der Waals surface area contributed by atoms with E-state index >= 15 is 0 Å². The van der Waals surface area contributed by atoms with Crippen LogP contribution in [-0.2, 0) is 9.53 Å². The van der Waals surface area contributed by atoms with Crippen LogP contribution in [0.25, 0.3) is 0 Å². The lowest BCUT2D eigenvalue weighted by atomic mass is 9.80. The van der Waals surface area contributed by atoms with Crippen molar-refractivity contribution in [3.63, 3.8) is 0 Å². The zero-order valence-electron chi connectivity index (χ0n) is 16.0. The second-order valence-electron chi connectivity index (χ2n) is 4.26. The maximum atomic E-state index is 13.2. The molecule has 3 nitrogen and oxygen atoms in total. The predicted octanol–water partition coefficient (Wildman–Crippen LogP) is 1.65. The highest BCUT2D eigenvalue weighted by molar-refractivity contribution is 6.60. The van der Waals surface area contributed by atoms with Crippen molar-refractivity contribution in [1.29, 1.82) is 0 Å². The summed E-state index contributed by atoms with van der Waals surface area (Å²) in [6.07, 6.45) is 0. The van der Waals surface area contributed by atoms with E-state index in [0.29, 0.717) is 0 Å². The normalized spacial score (nSPS) is 43.9. The molecule has 1 rings (SSSR count). The SMILES string of the molecule is [2H]C1([2H])OC([2H])([B-](F)(F)F)C([2H])([2H])N(C(=O)C(C)(C)C)C1([2H])[2H]. The Morgan fingerprint density at radius 1 is 1.56 bits per heavy atom. The van der Waals surface area contributed by atoms with Gasteiger partial charge in [0, 0.05) is 28.5 Å². The van der Waals surface area contributed by atoms with E-state index in [1.54, 1.807) is 0 Å². The van der Waals surface area contributed by atoms with Crippen molar-refractivity contribution < 1.29 is 32.1 Å². The van der Waals surface area contributed by atoms with Crippen molar-refractivity contribution in [3.05, 3.63) is 0 Å². The summed E-state index contributed by atoms with van der Waals surface area (Å²) >= 11 is 0. The van der Waals surface area contributed by atoms with E-state index in [1.165, 1.54) is 20.8 Å². The Balaban J connectivity index is 3.71. The summed E-state index contributed by atoms with van der Waals surface area (Å²) < 4.78 is 96.1. The molecule has 1 aliphatic heterocycles. The van der Waals surface area contributed by atoms with Gasteiger partial charge in [0.1, 0.15) is 0 Å². The first kappa shape index (κ1) is 6.28. The third-order valence-electron chi connectivity index (χ3n) is 1.68.